The lowest BCUT2D eigenvalue weighted by Gasteiger charge is -2.31. The van der Waals surface area contributed by atoms with Gasteiger partial charge in [0, 0.05) is 30.9 Å². The minimum atomic E-state index is -0.482. The summed E-state index contributed by atoms with van der Waals surface area (Å²) >= 11 is 0. The second kappa shape index (κ2) is 7.74. The topological polar surface area (TPSA) is 87.5 Å². The Labute approximate surface area is 129 Å². The molecule has 0 aliphatic carbocycles. The first kappa shape index (κ1) is 16.2. The fourth-order valence-corrected chi connectivity index (χ4v) is 2.71. The fraction of sp³-hybridized carbons (Fsp3) is 0.533. The molecule has 1 aromatic carbocycles. The highest BCUT2D eigenvalue weighted by atomic mass is 16.6. The van der Waals surface area contributed by atoms with Crippen molar-refractivity contribution in [2.75, 3.05) is 31.5 Å². The molecule has 1 aliphatic heterocycles. The summed E-state index contributed by atoms with van der Waals surface area (Å²) < 4.78 is 0. The van der Waals surface area contributed by atoms with E-state index in [4.69, 9.17) is 0 Å². The van der Waals surface area contributed by atoms with Gasteiger partial charge in [-0.2, -0.15) is 0 Å². The van der Waals surface area contributed by atoms with E-state index in [2.05, 4.69) is 22.5 Å². The predicted octanol–water partition coefficient (Wildman–Crippen LogP) is 2.45. The van der Waals surface area contributed by atoms with Crippen LogP contribution in [0.25, 0.3) is 0 Å². The number of anilines is 1. The molecule has 0 saturated carbocycles. The molecule has 1 saturated heterocycles. The smallest absolute Gasteiger partial charge is 0.319 e. The van der Waals surface area contributed by atoms with Crippen LogP contribution in [0.5, 0.6) is 0 Å². The second-order valence-electron chi connectivity index (χ2n) is 5.54. The molecule has 1 fully saturated rings. The summed E-state index contributed by atoms with van der Waals surface area (Å²) in [6.45, 7) is 5.94. The van der Waals surface area contributed by atoms with Crippen molar-refractivity contribution in [1.29, 1.82) is 0 Å². The van der Waals surface area contributed by atoms with Gasteiger partial charge in [0.05, 0.1) is 4.92 Å². The summed E-state index contributed by atoms with van der Waals surface area (Å²) in [6.07, 6.45) is 2.28. The molecule has 2 amide bonds. The number of likely N-dealkylation sites (tertiary alicyclic amines) is 1. The van der Waals surface area contributed by atoms with Crippen LogP contribution < -0.4 is 10.6 Å². The second-order valence-corrected chi connectivity index (χ2v) is 5.54. The van der Waals surface area contributed by atoms with Crippen LogP contribution in [0.15, 0.2) is 24.3 Å². The number of amides is 2. The zero-order valence-electron chi connectivity index (χ0n) is 12.7. The average Bonchev–Trinajstić information content (AvgIpc) is 2.53. The Hall–Kier alpha value is -2.15. The van der Waals surface area contributed by atoms with Crippen LogP contribution in [0.3, 0.4) is 0 Å². The van der Waals surface area contributed by atoms with Gasteiger partial charge in [0.15, 0.2) is 0 Å². The minimum Gasteiger partial charge on any atom is -0.338 e. The van der Waals surface area contributed by atoms with Crippen molar-refractivity contribution in [3.63, 3.8) is 0 Å². The summed E-state index contributed by atoms with van der Waals surface area (Å²) in [5.74, 6) is 0.463. The maximum atomic E-state index is 11.9. The normalized spacial score (nSPS) is 18.7. The van der Waals surface area contributed by atoms with Crippen LogP contribution in [0.1, 0.15) is 19.8 Å². The molecule has 1 aliphatic rings. The number of nitro benzene ring substituents is 1. The molecule has 1 atom stereocenters. The van der Waals surface area contributed by atoms with Gasteiger partial charge in [-0.3, -0.25) is 10.1 Å². The van der Waals surface area contributed by atoms with Crippen molar-refractivity contribution in [3.05, 3.63) is 34.4 Å². The number of nitro groups is 1. The van der Waals surface area contributed by atoms with E-state index < -0.39 is 4.92 Å². The number of urea groups is 1. The van der Waals surface area contributed by atoms with Crippen molar-refractivity contribution in [1.82, 2.24) is 10.2 Å². The third kappa shape index (κ3) is 4.70. The lowest BCUT2D eigenvalue weighted by atomic mass is 9.98. The first-order valence-electron chi connectivity index (χ1n) is 7.60. The number of piperidine rings is 1. The van der Waals surface area contributed by atoms with Gasteiger partial charge in [-0.05, 0) is 37.9 Å². The molecule has 0 unspecified atom stereocenters. The molecule has 0 aromatic heterocycles. The van der Waals surface area contributed by atoms with Gasteiger partial charge in [-0.15, -0.1) is 0 Å². The molecular weight excluding hydrogens is 284 g/mol. The standard InChI is InChI=1S/C15H22N4O3/c1-2-18-8-4-5-12(11-18)10-16-15(20)17-13-6-3-7-14(9-13)19(21)22/h3,6-7,9,12H,2,4-5,8,10-11H2,1H3,(H2,16,17,20)/t12-/m1/s1. The van der Waals surface area contributed by atoms with E-state index in [1.54, 1.807) is 12.1 Å². The Morgan fingerprint density at radius 3 is 3.05 bits per heavy atom. The van der Waals surface area contributed by atoms with E-state index in [0.29, 0.717) is 18.2 Å². The molecule has 7 heteroatoms. The lowest BCUT2D eigenvalue weighted by Crippen LogP contribution is -2.41. The van der Waals surface area contributed by atoms with Crippen molar-refractivity contribution in [2.45, 2.75) is 19.8 Å². The highest BCUT2D eigenvalue weighted by Crippen LogP contribution is 2.17. The van der Waals surface area contributed by atoms with E-state index >= 15 is 0 Å². The molecule has 120 valence electrons. The lowest BCUT2D eigenvalue weighted by molar-refractivity contribution is -0.384. The highest BCUT2D eigenvalue weighted by Gasteiger charge is 2.19. The van der Waals surface area contributed by atoms with E-state index in [1.165, 1.54) is 12.1 Å². The number of carbonyl (C=O) groups is 1. The first-order chi connectivity index (χ1) is 10.6. The zero-order chi connectivity index (χ0) is 15.9. The Morgan fingerprint density at radius 1 is 1.50 bits per heavy atom. The summed E-state index contributed by atoms with van der Waals surface area (Å²) in [4.78, 5) is 24.5. The van der Waals surface area contributed by atoms with Gasteiger partial charge in [0.1, 0.15) is 0 Å². The maximum absolute atomic E-state index is 11.9. The Morgan fingerprint density at radius 2 is 2.32 bits per heavy atom. The molecule has 0 bridgehead atoms. The quantitative estimate of drug-likeness (QED) is 0.646. The number of hydrogen-bond donors (Lipinski definition) is 2. The SMILES string of the molecule is CCN1CCC[C@H](CNC(=O)Nc2cccc([N+](=O)[O-])c2)C1. The van der Waals surface area contributed by atoms with E-state index in [9.17, 15) is 14.9 Å². The van der Waals surface area contributed by atoms with Crippen LogP contribution in [0.2, 0.25) is 0 Å². The third-order valence-corrected chi connectivity index (χ3v) is 3.92. The van der Waals surface area contributed by atoms with Crippen molar-refractivity contribution >= 4 is 17.4 Å². The number of rotatable bonds is 5. The number of carbonyl (C=O) groups excluding carboxylic acids is 1. The molecule has 1 aromatic rings. The van der Waals surface area contributed by atoms with Crippen LogP contribution in [0.4, 0.5) is 16.2 Å². The number of non-ortho nitro benzene ring substituents is 1. The van der Waals surface area contributed by atoms with Crippen LogP contribution in [-0.2, 0) is 0 Å². The maximum Gasteiger partial charge on any atom is 0.319 e. The van der Waals surface area contributed by atoms with Crippen molar-refractivity contribution < 1.29 is 9.72 Å². The minimum absolute atomic E-state index is 0.0383. The molecular formula is C15H22N4O3. The molecule has 0 spiro atoms. The molecule has 7 nitrogen and oxygen atoms in total. The van der Waals surface area contributed by atoms with E-state index in [0.717, 1.165) is 32.5 Å². The molecule has 2 N–H and O–H groups in total. The Bertz CT molecular complexity index is 535. The van der Waals surface area contributed by atoms with Crippen LogP contribution in [-0.4, -0.2) is 42.0 Å². The Balaban J connectivity index is 1.80. The van der Waals surface area contributed by atoms with Crippen LogP contribution in [0, 0.1) is 16.0 Å². The number of hydrogen-bond acceptors (Lipinski definition) is 4. The fourth-order valence-electron chi connectivity index (χ4n) is 2.71. The number of nitrogens with zero attached hydrogens (tertiary/aromatic N) is 2. The average molecular weight is 306 g/mol. The summed E-state index contributed by atoms with van der Waals surface area (Å²) in [5, 5.41) is 16.2. The number of benzene rings is 1. The van der Waals surface area contributed by atoms with Gasteiger partial charge in [-0.25, -0.2) is 4.79 Å². The number of nitrogens with one attached hydrogen (secondary N) is 2. The van der Waals surface area contributed by atoms with Crippen LogP contribution >= 0.6 is 0 Å². The third-order valence-electron chi connectivity index (χ3n) is 3.92. The zero-order valence-corrected chi connectivity index (χ0v) is 12.7. The monoisotopic (exact) mass is 306 g/mol. The van der Waals surface area contributed by atoms with Gasteiger partial charge in [-0.1, -0.05) is 13.0 Å². The van der Waals surface area contributed by atoms with Gasteiger partial charge in [0.2, 0.25) is 0 Å². The Kier molecular flexibility index (Phi) is 5.71. The van der Waals surface area contributed by atoms with Gasteiger partial charge >= 0.3 is 6.03 Å². The van der Waals surface area contributed by atoms with Gasteiger partial charge in [0.25, 0.3) is 5.69 Å². The summed E-state index contributed by atoms with van der Waals surface area (Å²) in [7, 11) is 0. The predicted molar refractivity (Wildman–Crippen MR) is 85.0 cm³/mol. The van der Waals surface area contributed by atoms with E-state index in [1.807, 2.05) is 0 Å². The molecule has 0 radical (unpaired) electrons. The van der Waals surface area contributed by atoms with Crippen molar-refractivity contribution in [2.24, 2.45) is 5.92 Å². The largest absolute Gasteiger partial charge is 0.338 e. The summed E-state index contributed by atoms with van der Waals surface area (Å²) in [6, 6.07) is 5.60. The molecule has 22 heavy (non-hydrogen) atoms. The van der Waals surface area contributed by atoms with Gasteiger partial charge < -0.3 is 15.5 Å². The highest BCUT2D eigenvalue weighted by molar-refractivity contribution is 5.89. The first-order valence-corrected chi connectivity index (χ1v) is 7.60. The summed E-state index contributed by atoms with van der Waals surface area (Å²) in [5.41, 5.74) is 0.384. The van der Waals surface area contributed by atoms with Crippen molar-refractivity contribution in [3.8, 4) is 0 Å². The van der Waals surface area contributed by atoms with E-state index in [-0.39, 0.29) is 11.7 Å². The molecule has 1 heterocycles. The molecule has 2 rings (SSSR count).